The van der Waals surface area contributed by atoms with Crippen LogP contribution in [0.4, 0.5) is 0 Å². The summed E-state index contributed by atoms with van der Waals surface area (Å²) in [5.41, 5.74) is 2.60. The van der Waals surface area contributed by atoms with Gasteiger partial charge in [-0.2, -0.15) is 0 Å². The molecule has 0 aliphatic heterocycles. The highest BCUT2D eigenvalue weighted by Gasteiger charge is 2.12. The van der Waals surface area contributed by atoms with E-state index in [0.29, 0.717) is 11.7 Å². The molecule has 1 rings (SSSR count). The van der Waals surface area contributed by atoms with E-state index < -0.39 is 0 Å². The monoisotopic (exact) mass is 318 g/mol. The van der Waals surface area contributed by atoms with E-state index in [1.54, 1.807) is 0 Å². The molecule has 0 bridgehead atoms. The van der Waals surface area contributed by atoms with Crippen LogP contribution in [0, 0.1) is 0 Å². The molecule has 0 saturated heterocycles. The third kappa shape index (κ3) is 7.90. The fraction of sp³-hybridized carbons (Fsp3) is 0.727. The van der Waals surface area contributed by atoms with Crippen LogP contribution >= 0.6 is 0 Å². The Morgan fingerprint density at radius 2 is 1.48 bits per heavy atom. The smallest absolute Gasteiger partial charge is 0.118 e. The summed E-state index contributed by atoms with van der Waals surface area (Å²) in [7, 11) is 0. The Balaban J connectivity index is 2.58. The molecule has 1 unspecified atom stereocenters. The van der Waals surface area contributed by atoms with Crippen LogP contribution in [0.1, 0.15) is 108 Å². The van der Waals surface area contributed by atoms with E-state index in [-0.39, 0.29) is 0 Å². The molecule has 132 valence electrons. The van der Waals surface area contributed by atoms with Crippen molar-refractivity contribution in [3.05, 3.63) is 29.3 Å². The molecule has 0 heterocycles. The Morgan fingerprint density at radius 3 is 2.17 bits per heavy atom. The highest BCUT2D eigenvalue weighted by molar-refractivity contribution is 5.37. The fourth-order valence-electron chi connectivity index (χ4n) is 3.42. The van der Waals surface area contributed by atoms with Gasteiger partial charge in [0.1, 0.15) is 5.75 Å². The van der Waals surface area contributed by atoms with Crippen molar-refractivity contribution in [2.24, 2.45) is 0 Å². The van der Waals surface area contributed by atoms with Gasteiger partial charge in [-0.3, -0.25) is 0 Å². The molecular formula is C22H38O. The van der Waals surface area contributed by atoms with E-state index in [9.17, 15) is 5.11 Å². The second-order valence-electron chi connectivity index (χ2n) is 7.03. The summed E-state index contributed by atoms with van der Waals surface area (Å²) in [5.74, 6) is 1.16. The minimum Gasteiger partial charge on any atom is -0.508 e. The molecule has 1 atom stereocenters. The second-order valence-corrected chi connectivity index (χ2v) is 7.03. The van der Waals surface area contributed by atoms with Crippen LogP contribution in [0.15, 0.2) is 18.2 Å². The van der Waals surface area contributed by atoms with Gasteiger partial charge in [0.05, 0.1) is 0 Å². The first-order valence-corrected chi connectivity index (χ1v) is 10.0. The number of benzene rings is 1. The first-order valence-electron chi connectivity index (χ1n) is 10.0. The Labute approximate surface area is 144 Å². The predicted octanol–water partition coefficient (Wildman–Crippen LogP) is 7.37. The summed E-state index contributed by atoms with van der Waals surface area (Å²) in [6, 6.07) is 6.36. The van der Waals surface area contributed by atoms with Gasteiger partial charge >= 0.3 is 0 Å². The maximum atomic E-state index is 10.1. The minimum absolute atomic E-state index is 0.483. The maximum Gasteiger partial charge on any atom is 0.118 e. The molecule has 1 aromatic carbocycles. The molecule has 0 radical (unpaired) electrons. The number of aromatic hydroxyl groups is 1. The Hall–Kier alpha value is -0.980. The maximum absolute atomic E-state index is 10.1. The van der Waals surface area contributed by atoms with Gasteiger partial charge in [-0.1, -0.05) is 84.3 Å². The molecule has 1 nitrogen and oxygen atoms in total. The third-order valence-corrected chi connectivity index (χ3v) is 4.92. The Bertz CT molecular complexity index is 410. The molecule has 0 aliphatic rings. The normalized spacial score (nSPS) is 12.5. The average Bonchev–Trinajstić information content (AvgIpc) is 2.56. The van der Waals surface area contributed by atoms with Crippen LogP contribution in [0.25, 0.3) is 0 Å². The lowest BCUT2D eigenvalue weighted by atomic mass is 9.87. The summed E-state index contributed by atoms with van der Waals surface area (Å²) < 4.78 is 0. The Kier molecular flexibility index (Phi) is 10.9. The van der Waals surface area contributed by atoms with Gasteiger partial charge in [0.15, 0.2) is 0 Å². The number of phenols is 1. The zero-order valence-corrected chi connectivity index (χ0v) is 15.7. The fourth-order valence-corrected chi connectivity index (χ4v) is 3.42. The van der Waals surface area contributed by atoms with E-state index in [2.05, 4.69) is 32.9 Å². The second kappa shape index (κ2) is 12.4. The molecule has 0 fully saturated rings. The predicted molar refractivity (Wildman–Crippen MR) is 102 cm³/mol. The van der Waals surface area contributed by atoms with Crippen molar-refractivity contribution in [2.45, 2.75) is 104 Å². The van der Waals surface area contributed by atoms with Crippen LogP contribution in [-0.4, -0.2) is 5.11 Å². The zero-order chi connectivity index (χ0) is 16.9. The van der Waals surface area contributed by atoms with E-state index in [0.717, 1.165) is 18.4 Å². The summed E-state index contributed by atoms with van der Waals surface area (Å²) in [5, 5.41) is 10.1. The quantitative estimate of drug-likeness (QED) is 0.376. The van der Waals surface area contributed by atoms with E-state index >= 15 is 0 Å². The van der Waals surface area contributed by atoms with Crippen LogP contribution < -0.4 is 0 Å². The highest BCUT2D eigenvalue weighted by Crippen LogP contribution is 2.31. The summed E-state index contributed by atoms with van der Waals surface area (Å²) in [6.45, 7) is 6.77. The number of unbranched alkanes of at least 4 members (excludes halogenated alkanes) is 6. The molecule has 0 aliphatic carbocycles. The van der Waals surface area contributed by atoms with Gasteiger partial charge in [-0.05, 0) is 48.8 Å². The number of aryl methyl sites for hydroxylation is 1. The average molecular weight is 319 g/mol. The molecule has 23 heavy (non-hydrogen) atoms. The van der Waals surface area contributed by atoms with Gasteiger partial charge in [0.25, 0.3) is 0 Å². The van der Waals surface area contributed by atoms with Crippen molar-refractivity contribution < 1.29 is 5.11 Å². The number of rotatable bonds is 13. The number of hydrogen-bond acceptors (Lipinski definition) is 1. The molecule has 0 aromatic heterocycles. The van der Waals surface area contributed by atoms with Crippen molar-refractivity contribution in [1.82, 2.24) is 0 Å². The lowest BCUT2D eigenvalue weighted by Crippen LogP contribution is -2.00. The minimum atomic E-state index is 0.483. The Morgan fingerprint density at radius 1 is 0.783 bits per heavy atom. The largest absolute Gasteiger partial charge is 0.508 e. The van der Waals surface area contributed by atoms with E-state index in [4.69, 9.17) is 0 Å². The van der Waals surface area contributed by atoms with Gasteiger partial charge in [-0.15, -0.1) is 0 Å². The van der Waals surface area contributed by atoms with Crippen LogP contribution in [0.2, 0.25) is 0 Å². The standard InChI is InChI=1S/C22H38O/c1-4-7-9-10-11-12-15-19(13-6-3)20-16-17-22(23)21(18-20)14-8-5-2/h16-19,23H,4-15H2,1-3H3. The van der Waals surface area contributed by atoms with Crippen molar-refractivity contribution in [1.29, 1.82) is 0 Å². The first-order chi connectivity index (χ1) is 11.2. The van der Waals surface area contributed by atoms with Crippen molar-refractivity contribution >= 4 is 0 Å². The molecule has 0 amide bonds. The lowest BCUT2D eigenvalue weighted by molar-refractivity contribution is 0.465. The van der Waals surface area contributed by atoms with Crippen LogP contribution in [0.5, 0.6) is 5.75 Å². The molecular weight excluding hydrogens is 280 g/mol. The molecule has 0 spiro atoms. The van der Waals surface area contributed by atoms with Crippen molar-refractivity contribution in [3.63, 3.8) is 0 Å². The van der Waals surface area contributed by atoms with Crippen molar-refractivity contribution in [3.8, 4) is 5.75 Å². The van der Waals surface area contributed by atoms with Crippen LogP contribution in [-0.2, 0) is 6.42 Å². The lowest BCUT2D eigenvalue weighted by Gasteiger charge is -2.18. The molecule has 0 saturated carbocycles. The zero-order valence-electron chi connectivity index (χ0n) is 15.7. The van der Waals surface area contributed by atoms with Gasteiger partial charge in [0, 0.05) is 0 Å². The highest BCUT2D eigenvalue weighted by atomic mass is 16.3. The van der Waals surface area contributed by atoms with E-state index in [1.807, 2.05) is 6.07 Å². The van der Waals surface area contributed by atoms with Crippen molar-refractivity contribution in [2.75, 3.05) is 0 Å². The first kappa shape index (κ1) is 20.1. The molecule has 1 aromatic rings. The molecule has 1 heteroatoms. The van der Waals surface area contributed by atoms with Gasteiger partial charge in [-0.25, -0.2) is 0 Å². The summed E-state index contributed by atoms with van der Waals surface area (Å²) in [6.07, 6.45) is 15.4. The number of hydrogen-bond donors (Lipinski definition) is 1. The van der Waals surface area contributed by atoms with Gasteiger partial charge in [0.2, 0.25) is 0 Å². The van der Waals surface area contributed by atoms with E-state index in [1.165, 1.54) is 69.8 Å². The number of phenolic OH excluding ortho intramolecular Hbond substituents is 1. The topological polar surface area (TPSA) is 20.2 Å². The summed E-state index contributed by atoms with van der Waals surface area (Å²) in [4.78, 5) is 0. The van der Waals surface area contributed by atoms with Crippen LogP contribution in [0.3, 0.4) is 0 Å². The molecule has 1 N–H and O–H groups in total. The third-order valence-electron chi connectivity index (χ3n) is 4.92. The SMILES string of the molecule is CCCCCCCCC(CCC)c1ccc(O)c(CCCC)c1. The van der Waals surface area contributed by atoms with Gasteiger partial charge < -0.3 is 5.11 Å². The summed E-state index contributed by atoms with van der Waals surface area (Å²) >= 11 is 0.